The number of fused-ring (bicyclic) bond motifs is 3. The number of aliphatic hydroxyl groups excluding tert-OH is 1. The Morgan fingerprint density at radius 1 is 1.40 bits per heavy atom. The van der Waals surface area contributed by atoms with Crippen LogP contribution in [0.4, 0.5) is 0 Å². The Morgan fingerprint density at radius 2 is 2.20 bits per heavy atom. The second kappa shape index (κ2) is 3.15. The fourth-order valence-corrected chi connectivity index (χ4v) is 3.00. The molecule has 1 unspecified atom stereocenters. The van der Waals surface area contributed by atoms with Crippen LogP contribution in [-0.2, 0) is 6.42 Å². The molecule has 3 rings (SSSR count). The van der Waals surface area contributed by atoms with Gasteiger partial charge in [0, 0.05) is 16.9 Å². The number of hydrogen-bond acceptors (Lipinski definition) is 3. The van der Waals surface area contributed by atoms with Crippen molar-refractivity contribution < 1.29 is 5.11 Å². The molecule has 1 N–H and O–H groups in total. The lowest BCUT2D eigenvalue weighted by molar-refractivity contribution is 0.199. The van der Waals surface area contributed by atoms with Crippen molar-refractivity contribution in [2.45, 2.75) is 19.4 Å². The van der Waals surface area contributed by atoms with Gasteiger partial charge in [-0.25, -0.2) is 4.98 Å². The highest BCUT2D eigenvalue weighted by Gasteiger charge is 2.23. The van der Waals surface area contributed by atoms with Gasteiger partial charge in [-0.3, -0.25) is 0 Å². The molecule has 0 saturated heterocycles. The molecule has 1 aromatic carbocycles. The van der Waals surface area contributed by atoms with Crippen LogP contribution in [0.25, 0.3) is 11.3 Å². The summed E-state index contributed by atoms with van der Waals surface area (Å²) < 4.78 is 0. The molecular formula is C12H11NOS. The lowest BCUT2D eigenvalue weighted by Crippen LogP contribution is -1.89. The molecule has 0 fully saturated rings. The molecule has 15 heavy (non-hydrogen) atoms. The Labute approximate surface area is 92.2 Å². The quantitative estimate of drug-likeness (QED) is 0.680. The highest BCUT2D eigenvalue weighted by atomic mass is 32.1. The Hall–Kier alpha value is -1.19. The average molecular weight is 217 g/mol. The van der Waals surface area contributed by atoms with Crippen LogP contribution in [-0.4, -0.2) is 10.1 Å². The molecule has 3 heteroatoms. The van der Waals surface area contributed by atoms with Gasteiger partial charge in [-0.2, -0.15) is 0 Å². The van der Waals surface area contributed by atoms with E-state index in [0.717, 1.165) is 17.1 Å². The van der Waals surface area contributed by atoms with Gasteiger partial charge in [0.1, 0.15) is 11.1 Å². The monoisotopic (exact) mass is 217 g/mol. The van der Waals surface area contributed by atoms with Gasteiger partial charge < -0.3 is 5.11 Å². The first-order valence-corrected chi connectivity index (χ1v) is 5.83. The first kappa shape index (κ1) is 9.07. The second-order valence-electron chi connectivity index (χ2n) is 3.83. The number of rotatable bonds is 1. The van der Waals surface area contributed by atoms with E-state index in [2.05, 4.69) is 23.2 Å². The molecule has 0 bridgehead atoms. The number of nitrogens with zero attached hydrogens (tertiary/aromatic N) is 1. The third-order valence-corrected chi connectivity index (χ3v) is 3.92. The van der Waals surface area contributed by atoms with E-state index in [4.69, 9.17) is 0 Å². The Kier molecular flexibility index (Phi) is 1.90. The number of aliphatic hydroxyl groups is 1. The zero-order chi connectivity index (χ0) is 10.4. The summed E-state index contributed by atoms with van der Waals surface area (Å²) in [6.45, 7) is 1.76. The molecule has 0 saturated carbocycles. The van der Waals surface area contributed by atoms with Crippen LogP contribution in [0, 0.1) is 0 Å². The Balaban J connectivity index is 2.15. The van der Waals surface area contributed by atoms with E-state index in [1.165, 1.54) is 16.0 Å². The Bertz CT molecular complexity index is 516. The second-order valence-corrected chi connectivity index (χ2v) is 4.95. The van der Waals surface area contributed by atoms with Gasteiger partial charge in [0.25, 0.3) is 0 Å². The van der Waals surface area contributed by atoms with Gasteiger partial charge in [-0.15, -0.1) is 11.3 Å². The average Bonchev–Trinajstić information content (AvgIpc) is 2.73. The lowest BCUT2D eigenvalue weighted by Gasteiger charge is -1.99. The van der Waals surface area contributed by atoms with E-state index in [-0.39, 0.29) is 0 Å². The van der Waals surface area contributed by atoms with Crippen molar-refractivity contribution in [1.29, 1.82) is 0 Å². The predicted octanol–water partition coefficient (Wildman–Crippen LogP) is 2.77. The van der Waals surface area contributed by atoms with Crippen LogP contribution in [0.5, 0.6) is 0 Å². The maximum Gasteiger partial charge on any atom is 0.122 e. The summed E-state index contributed by atoms with van der Waals surface area (Å²) in [5, 5.41) is 10.3. The Morgan fingerprint density at radius 3 is 3.00 bits per heavy atom. The topological polar surface area (TPSA) is 33.1 Å². The SMILES string of the molecule is CC(O)c1nc2c(s1)Cc1ccccc1-2. The van der Waals surface area contributed by atoms with Crippen molar-refractivity contribution in [3.8, 4) is 11.3 Å². The van der Waals surface area contributed by atoms with E-state index in [1.54, 1.807) is 18.3 Å². The number of hydrogen-bond donors (Lipinski definition) is 1. The van der Waals surface area contributed by atoms with Gasteiger partial charge in [-0.1, -0.05) is 24.3 Å². The third-order valence-electron chi connectivity index (χ3n) is 2.69. The zero-order valence-electron chi connectivity index (χ0n) is 8.40. The summed E-state index contributed by atoms with van der Waals surface area (Å²) in [7, 11) is 0. The molecular weight excluding hydrogens is 206 g/mol. The van der Waals surface area contributed by atoms with E-state index in [9.17, 15) is 5.11 Å². The fourth-order valence-electron chi connectivity index (χ4n) is 1.96. The first-order chi connectivity index (χ1) is 7.25. The summed E-state index contributed by atoms with van der Waals surface area (Å²) in [6.07, 6.45) is 0.517. The highest BCUT2D eigenvalue weighted by molar-refractivity contribution is 7.12. The minimum Gasteiger partial charge on any atom is -0.386 e. The molecule has 0 spiro atoms. The first-order valence-electron chi connectivity index (χ1n) is 5.01. The molecule has 1 aliphatic rings. The van der Waals surface area contributed by atoms with Crippen molar-refractivity contribution >= 4 is 11.3 Å². The van der Waals surface area contributed by atoms with Crippen LogP contribution in [0.3, 0.4) is 0 Å². The molecule has 2 nitrogen and oxygen atoms in total. The van der Waals surface area contributed by atoms with Crippen molar-refractivity contribution in [3.63, 3.8) is 0 Å². The minimum absolute atomic E-state index is 0.451. The number of thiazole rings is 1. The van der Waals surface area contributed by atoms with Crippen LogP contribution in [0.15, 0.2) is 24.3 Å². The highest BCUT2D eigenvalue weighted by Crippen LogP contribution is 2.40. The number of benzene rings is 1. The predicted molar refractivity (Wildman–Crippen MR) is 61.0 cm³/mol. The van der Waals surface area contributed by atoms with Crippen LogP contribution < -0.4 is 0 Å². The molecule has 1 heterocycles. The van der Waals surface area contributed by atoms with Crippen molar-refractivity contribution in [1.82, 2.24) is 4.98 Å². The maximum absolute atomic E-state index is 9.48. The fraction of sp³-hybridized carbons (Fsp3) is 0.250. The summed E-state index contributed by atoms with van der Waals surface area (Å²) in [5.74, 6) is 0. The van der Waals surface area contributed by atoms with Gasteiger partial charge >= 0.3 is 0 Å². The normalized spacial score (nSPS) is 14.8. The molecule has 1 aliphatic carbocycles. The van der Waals surface area contributed by atoms with Crippen LogP contribution in [0.1, 0.15) is 28.5 Å². The van der Waals surface area contributed by atoms with Crippen LogP contribution in [0.2, 0.25) is 0 Å². The maximum atomic E-state index is 9.48. The van der Waals surface area contributed by atoms with Gasteiger partial charge in [0.15, 0.2) is 0 Å². The number of aromatic nitrogens is 1. The van der Waals surface area contributed by atoms with E-state index in [1.807, 2.05) is 6.07 Å². The molecule has 2 aromatic rings. The summed E-state index contributed by atoms with van der Waals surface area (Å²) in [5.41, 5.74) is 3.66. The smallest absolute Gasteiger partial charge is 0.122 e. The molecule has 1 aromatic heterocycles. The van der Waals surface area contributed by atoms with Crippen molar-refractivity contribution in [2.75, 3.05) is 0 Å². The van der Waals surface area contributed by atoms with Crippen molar-refractivity contribution in [2.24, 2.45) is 0 Å². The van der Waals surface area contributed by atoms with Gasteiger partial charge in [0.05, 0.1) is 5.69 Å². The van der Waals surface area contributed by atoms with Gasteiger partial charge in [0.2, 0.25) is 0 Å². The van der Waals surface area contributed by atoms with E-state index < -0.39 is 6.10 Å². The van der Waals surface area contributed by atoms with Crippen LogP contribution >= 0.6 is 11.3 Å². The summed E-state index contributed by atoms with van der Waals surface area (Å²) in [6, 6.07) is 8.35. The molecule has 76 valence electrons. The van der Waals surface area contributed by atoms with E-state index in [0.29, 0.717) is 0 Å². The summed E-state index contributed by atoms with van der Waals surface area (Å²) in [4.78, 5) is 5.78. The standard InChI is InChI=1S/C12H11NOS/c1-7(14)12-13-11-9-5-3-2-4-8(9)6-10(11)15-12/h2-5,7,14H,6H2,1H3. The third kappa shape index (κ3) is 1.31. The molecule has 0 amide bonds. The zero-order valence-corrected chi connectivity index (χ0v) is 9.21. The molecule has 0 aliphatic heterocycles. The van der Waals surface area contributed by atoms with Gasteiger partial charge in [-0.05, 0) is 12.5 Å². The lowest BCUT2D eigenvalue weighted by atomic mass is 10.1. The van der Waals surface area contributed by atoms with Crippen molar-refractivity contribution in [3.05, 3.63) is 39.7 Å². The van der Waals surface area contributed by atoms with E-state index >= 15 is 0 Å². The largest absolute Gasteiger partial charge is 0.386 e. The molecule has 0 radical (unpaired) electrons. The minimum atomic E-state index is -0.451. The summed E-state index contributed by atoms with van der Waals surface area (Å²) >= 11 is 1.63. The molecule has 1 atom stereocenters.